The summed E-state index contributed by atoms with van der Waals surface area (Å²) >= 11 is 0. The van der Waals surface area contributed by atoms with Crippen LogP contribution in [0, 0.1) is 10.1 Å². The van der Waals surface area contributed by atoms with Crippen LogP contribution >= 0.6 is 0 Å². The van der Waals surface area contributed by atoms with Gasteiger partial charge in [-0.1, -0.05) is 18.2 Å². The van der Waals surface area contributed by atoms with Gasteiger partial charge in [0.2, 0.25) is 10.0 Å². The van der Waals surface area contributed by atoms with E-state index in [9.17, 15) is 18.5 Å². The van der Waals surface area contributed by atoms with E-state index in [0.717, 1.165) is 31.4 Å². The van der Waals surface area contributed by atoms with E-state index in [1.54, 1.807) is 6.07 Å². The third kappa shape index (κ3) is 4.27. The quantitative estimate of drug-likeness (QED) is 0.557. The molecule has 1 unspecified atom stereocenters. The zero-order chi connectivity index (χ0) is 21.1. The van der Waals surface area contributed by atoms with Crippen LogP contribution in [0.4, 0.5) is 17.1 Å². The Balaban J connectivity index is 1.64. The summed E-state index contributed by atoms with van der Waals surface area (Å²) in [7, 11) is -3.78. The van der Waals surface area contributed by atoms with E-state index in [4.69, 9.17) is 0 Å². The molecule has 0 amide bonds. The molecule has 2 aliphatic heterocycles. The van der Waals surface area contributed by atoms with Crippen LogP contribution < -0.4 is 10.2 Å². The number of rotatable bonds is 6. The highest BCUT2D eigenvalue weighted by molar-refractivity contribution is 7.89. The minimum Gasteiger partial charge on any atom is -0.381 e. The van der Waals surface area contributed by atoms with E-state index in [1.807, 2.05) is 35.2 Å². The Kier molecular flexibility index (Phi) is 5.92. The molecule has 2 aromatic rings. The second-order valence-corrected chi connectivity index (χ2v) is 9.72. The number of nitro benzene ring substituents is 1. The number of piperidine rings is 1. The number of hydrogen-bond donors (Lipinski definition) is 1. The zero-order valence-electron chi connectivity index (χ0n) is 16.7. The van der Waals surface area contributed by atoms with Crippen LogP contribution in [-0.4, -0.2) is 49.9 Å². The number of non-ortho nitro benzene ring substituents is 1. The standard InChI is InChI=1S/C21H26N4O4S/c26-25(27)19-10-11-20(21(15-19)30(28,29)24-13-4-5-14-24)23-12-6-9-18(16-23)22-17-7-2-1-3-8-17/h1-3,7-8,10-11,15,18,22H,4-6,9,12-14,16H2. The van der Waals surface area contributed by atoms with Crippen LogP contribution in [0.25, 0.3) is 0 Å². The molecular formula is C21H26N4O4S. The predicted octanol–water partition coefficient (Wildman–Crippen LogP) is 3.46. The first kappa shape index (κ1) is 20.6. The Labute approximate surface area is 176 Å². The minimum atomic E-state index is -3.78. The normalized spacial score (nSPS) is 20.3. The molecule has 0 radical (unpaired) electrons. The highest BCUT2D eigenvalue weighted by Gasteiger charge is 2.33. The van der Waals surface area contributed by atoms with Crippen LogP contribution in [-0.2, 0) is 10.0 Å². The number of nitrogens with zero attached hydrogens (tertiary/aromatic N) is 3. The van der Waals surface area contributed by atoms with Crippen LogP contribution in [0.3, 0.4) is 0 Å². The van der Waals surface area contributed by atoms with E-state index in [1.165, 1.54) is 16.4 Å². The van der Waals surface area contributed by atoms with Gasteiger partial charge in [-0.25, -0.2) is 8.42 Å². The van der Waals surface area contributed by atoms with Gasteiger partial charge in [-0.15, -0.1) is 0 Å². The molecule has 2 saturated heterocycles. The average Bonchev–Trinajstić information content (AvgIpc) is 3.30. The van der Waals surface area contributed by atoms with Crippen molar-refractivity contribution in [2.45, 2.75) is 36.6 Å². The number of para-hydroxylation sites is 1. The molecule has 1 N–H and O–H groups in total. The van der Waals surface area contributed by atoms with Crippen LogP contribution in [0.2, 0.25) is 0 Å². The maximum Gasteiger partial charge on any atom is 0.270 e. The largest absolute Gasteiger partial charge is 0.381 e. The Hall–Kier alpha value is -2.65. The summed E-state index contributed by atoms with van der Waals surface area (Å²) < 4.78 is 28.1. The molecule has 2 fully saturated rings. The summed E-state index contributed by atoms with van der Waals surface area (Å²) in [6, 6.07) is 14.3. The van der Waals surface area contributed by atoms with E-state index in [-0.39, 0.29) is 16.6 Å². The molecule has 160 valence electrons. The molecule has 8 nitrogen and oxygen atoms in total. The number of sulfonamides is 1. The molecule has 1 atom stereocenters. The van der Waals surface area contributed by atoms with Gasteiger partial charge in [0.05, 0.1) is 10.6 Å². The van der Waals surface area contributed by atoms with Gasteiger partial charge in [-0.2, -0.15) is 4.31 Å². The van der Waals surface area contributed by atoms with Crippen molar-refractivity contribution in [3.63, 3.8) is 0 Å². The lowest BCUT2D eigenvalue weighted by Crippen LogP contribution is -2.43. The highest BCUT2D eigenvalue weighted by atomic mass is 32.2. The topological polar surface area (TPSA) is 95.8 Å². The maximum atomic E-state index is 13.3. The van der Waals surface area contributed by atoms with Gasteiger partial charge in [0, 0.05) is 50.0 Å². The molecular weight excluding hydrogens is 404 g/mol. The van der Waals surface area contributed by atoms with Crippen molar-refractivity contribution in [3.05, 3.63) is 58.6 Å². The second kappa shape index (κ2) is 8.61. The number of hydrogen-bond acceptors (Lipinski definition) is 6. The lowest BCUT2D eigenvalue weighted by molar-refractivity contribution is -0.385. The monoisotopic (exact) mass is 430 g/mol. The van der Waals surface area contributed by atoms with Gasteiger partial charge >= 0.3 is 0 Å². The molecule has 2 aliphatic rings. The van der Waals surface area contributed by atoms with Crippen LogP contribution in [0.1, 0.15) is 25.7 Å². The van der Waals surface area contributed by atoms with Gasteiger partial charge in [0.1, 0.15) is 4.90 Å². The van der Waals surface area contributed by atoms with Gasteiger partial charge in [-0.3, -0.25) is 10.1 Å². The van der Waals surface area contributed by atoms with Crippen molar-refractivity contribution < 1.29 is 13.3 Å². The van der Waals surface area contributed by atoms with Gasteiger partial charge in [-0.05, 0) is 43.9 Å². The lowest BCUT2D eigenvalue weighted by Gasteiger charge is -2.36. The SMILES string of the molecule is O=[N+]([O-])c1ccc(N2CCCC(Nc3ccccc3)C2)c(S(=O)(=O)N2CCCC2)c1. The van der Waals surface area contributed by atoms with Crippen molar-refractivity contribution >= 4 is 27.1 Å². The first-order valence-corrected chi connectivity index (χ1v) is 11.7. The van der Waals surface area contributed by atoms with Crippen molar-refractivity contribution in [1.82, 2.24) is 4.31 Å². The summed E-state index contributed by atoms with van der Waals surface area (Å²) in [5, 5.41) is 14.8. The Morgan fingerprint density at radius 1 is 1.00 bits per heavy atom. The summed E-state index contributed by atoms with van der Waals surface area (Å²) in [5.41, 5.74) is 1.37. The third-order valence-corrected chi connectivity index (χ3v) is 7.67. The molecule has 0 bridgehead atoms. The zero-order valence-corrected chi connectivity index (χ0v) is 17.6. The van der Waals surface area contributed by atoms with Crippen LogP contribution in [0.5, 0.6) is 0 Å². The molecule has 0 aromatic heterocycles. The van der Waals surface area contributed by atoms with E-state index in [0.29, 0.717) is 31.9 Å². The van der Waals surface area contributed by atoms with E-state index < -0.39 is 14.9 Å². The fourth-order valence-corrected chi connectivity index (χ4v) is 5.98. The van der Waals surface area contributed by atoms with E-state index >= 15 is 0 Å². The fraction of sp³-hybridized carbons (Fsp3) is 0.429. The van der Waals surface area contributed by atoms with E-state index in [2.05, 4.69) is 5.32 Å². The molecule has 4 rings (SSSR count). The summed E-state index contributed by atoms with van der Waals surface area (Å²) in [6.07, 6.45) is 3.52. The summed E-state index contributed by atoms with van der Waals surface area (Å²) in [4.78, 5) is 12.9. The first-order valence-electron chi connectivity index (χ1n) is 10.3. The fourth-order valence-electron chi connectivity index (χ4n) is 4.24. The first-order chi connectivity index (χ1) is 14.4. The molecule has 0 aliphatic carbocycles. The smallest absolute Gasteiger partial charge is 0.270 e. The average molecular weight is 431 g/mol. The molecule has 0 spiro atoms. The number of anilines is 2. The van der Waals surface area contributed by atoms with Crippen molar-refractivity contribution in [2.24, 2.45) is 0 Å². The van der Waals surface area contributed by atoms with Crippen LogP contribution in [0.15, 0.2) is 53.4 Å². The Morgan fingerprint density at radius 2 is 1.73 bits per heavy atom. The number of benzene rings is 2. The molecule has 2 heterocycles. The van der Waals surface area contributed by atoms with Gasteiger partial charge in [0.15, 0.2) is 0 Å². The van der Waals surface area contributed by atoms with Gasteiger partial charge in [0.25, 0.3) is 5.69 Å². The molecule has 0 saturated carbocycles. The van der Waals surface area contributed by atoms with Gasteiger partial charge < -0.3 is 10.2 Å². The molecule has 30 heavy (non-hydrogen) atoms. The highest BCUT2D eigenvalue weighted by Crippen LogP contribution is 2.34. The molecule has 2 aromatic carbocycles. The minimum absolute atomic E-state index is 0.0407. The predicted molar refractivity (Wildman–Crippen MR) is 116 cm³/mol. The third-order valence-electron chi connectivity index (χ3n) is 5.74. The number of nitro groups is 1. The number of nitrogens with one attached hydrogen (secondary N) is 1. The Bertz CT molecular complexity index is 1010. The van der Waals surface area contributed by atoms with Crippen molar-refractivity contribution in [2.75, 3.05) is 36.4 Å². The van der Waals surface area contributed by atoms with Crippen molar-refractivity contribution in [3.8, 4) is 0 Å². The summed E-state index contributed by atoms with van der Waals surface area (Å²) in [5.74, 6) is 0. The summed E-state index contributed by atoms with van der Waals surface area (Å²) in [6.45, 7) is 2.27. The molecule has 9 heteroatoms. The lowest BCUT2D eigenvalue weighted by atomic mass is 10.0. The van der Waals surface area contributed by atoms with Crippen molar-refractivity contribution in [1.29, 1.82) is 0 Å². The maximum absolute atomic E-state index is 13.3. The second-order valence-electron chi connectivity index (χ2n) is 7.82. The Morgan fingerprint density at radius 3 is 2.43 bits per heavy atom.